The Balaban J connectivity index is 2.93. The van der Waals surface area contributed by atoms with Crippen LogP contribution in [0.1, 0.15) is 31.9 Å². The quantitative estimate of drug-likeness (QED) is 0.685. The van der Waals surface area contributed by atoms with Gasteiger partial charge >= 0.3 is 5.69 Å². The van der Waals surface area contributed by atoms with Crippen molar-refractivity contribution in [2.45, 2.75) is 33.1 Å². The van der Waals surface area contributed by atoms with E-state index in [2.05, 4.69) is 39.8 Å². The normalized spacial score (nSPS) is 12.4. The zero-order valence-corrected chi connectivity index (χ0v) is 11.5. The highest BCUT2D eigenvalue weighted by Gasteiger charge is 2.18. The Morgan fingerprint density at radius 3 is 2.18 bits per heavy atom. The van der Waals surface area contributed by atoms with Crippen molar-refractivity contribution >= 4 is 11.0 Å². The Hall–Kier alpha value is -1.51. The maximum absolute atomic E-state index is 11.9. The molecule has 3 heteroatoms. The Labute approximate surface area is 102 Å². The molecule has 2 aromatic rings. The number of nitrogens with zero attached hydrogens (tertiary/aromatic N) is 2. The van der Waals surface area contributed by atoms with Gasteiger partial charge in [-0.05, 0) is 29.5 Å². The van der Waals surface area contributed by atoms with E-state index in [-0.39, 0.29) is 11.1 Å². The molecule has 92 valence electrons. The first-order valence-corrected chi connectivity index (χ1v) is 5.90. The van der Waals surface area contributed by atoms with Crippen molar-refractivity contribution in [2.24, 2.45) is 14.1 Å². The van der Waals surface area contributed by atoms with Crippen LogP contribution in [0.4, 0.5) is 0 Å². The van der Waals surface area contributed by atoms with Crippen molar-refractivity contribution in [3.05, 3.63) is 33.7 Å². The summed E-state index contributed by atoms with van der Waals surface area (Å²) in [6.07, 6.45) is 0. The Bertz CT molecular complexity index is 639. The van der Waals surface area contributed by atoms with Gasteiger partial charge in [-0.2, -0.15) is 0 Å². The van der Waals surface area contributed by atoms with Gasteiger partial charge in [-0.15, -0.1) is 0 Å². The van der Waals surface area contributed by atoms with Gasteiger partial charge in [-0.25, -0.2) is 4.79 Å². The van der Waals surface area contributed by atoms with Crippen LogP contribution in [0.2, 0.25) is 0 Å². The third-order valence-corrected chi connectivity index (χ3v) is 3.42. The third-order valence-electron chi connectivity index (χ3n) is 3.42. The Morgan fingerprint density at radius 2 is 1.65 bits per heavy atom. The summed E-state index contributed by atoms with van der Waals surface area (Å²) in [7, 11) is 3.66. The molecule has 3 nitrogen and oxygen atoms in total. The van der Waals surface area contributed by atoms with Crippen LogP contribution in [0.3, 0.4) is 0 Å². The van der Waals surface area contributed by atoms with Crippen LogP contribution in [0.25, 0.3) is 11.0 Å². The standard InChI is InChI=1S/C14H20N2O/c1-9-7-10(14(2,3)4)8-11-12(9)16(6)13(17)15(11)5/h7-8H,1-6H3. The van der Waals surface area contributed by atoms with E-state index >= 15 is 0 Å². The molecule has 1 aromatic carbocycles. The van der Waals surface area contributed by atoms with E-state index in [0.717, 1.165) is 16.6 Å². The van der Waals surface area contributed by atoms with Crippen LogP contribution in [0, 0.1) is 6.92 Å². The number of fused-ring (bicyclic) bond motifs is 1. The molecule has 0 aliphatic carbocycles. The van der Waals surface area contributed by atoms with Gasteiger partial charge in [0.05, 0.1) is 11.0 Å². The number of aryl methyl sites for hydroxylation is 3. The minimum atomic E-state index is 0.0363. The fourth-order valence-electron chi connectivity index (χ4n) is 2.31. The first kappa shape index (κ1) is 12.0. The molecule has 0 aliphatic heterocycles. The van der Waals surface area contributed by atoms with Crippen LogP contribution in [-0.4, -0.2) is 9.13 Å². The summed E-state index contributed by atoms with van der Waals surface area (Å²) in [4.78, 5) is 11.9. The average Bonchev–Trinajstić information content (AvgIpc) is 2.43. The molecule has 0 amide bonds. The topological polar surface area (TPSA) is 26.9 Å². The number of hydrogen-bond donors (Lipinski definition) is 0. The largest absolute Gasteiger partial charge is 0.328 e. The van der Waals surface area contributed by atoms with Crippen LogP contribution < -0.4 is 5.69 Å². The van der Waals surface area contributed by atoms with Gasteiger partial charge in [0.25, 0.3) is 0 Å². The van der Waals surface area contributed by atoms with Gasteiger partial charge in [0.1, 0.15) is 0 Å². The van der Waals surface area contributed by atoms with Crippen molar-refractivity contribution in [1.29, 1.82) is 0 Å². The van der Waals surface area contributed by atoms with E-state index < -0.39 is 0 Å². The molecule has 1 aromatic heterocycles. The second kappa shape index (κ2) is 3.49. The Kier molecular flexibility index (Phi) is 2.45. The summed E-state index contributed by atoms with van der Waals surface area (Å²) in [6.45, 7) is 8.63. The van der Waals surface area contributed by atoms with Crippen LogP contribution in [0.15, 0.2) is 16.9 Å². The minimum absolute atomic E-state index is 0.0363. The summed E-state index contributed by atoms with van der Waals surface area (Å²) >= 11 is 0. The Morgan fingerprint density at radius 1 is 1.06 bits per heavy atom. The number of aromatic nitrogens is 2. The SMILES string of the molecule is Cc1cc(C(C)(C)C)cc2c1n(C)c(=O)n2C. The summed E-state index contributed by atoms with van der Waals surface area (Å²) in [5.41, 5.74) is 4.61. The highest BCUT2D eigenvalue weighted by molar-refractivity contribution is 5.80. The third kappa shape index (κ3) is 1.70. The molecule has 1 heterocycles. The van der Waals surface area contributed by atoms with Gasteiger partial charge in [0.15, 0.2) is 0 Å². The van der Waals surface area contributed by atoms with Gasteiger partial charge in [0.2, 0.25) is 0 Å². The number of benzene rings is 1. The lowest BCUT2D eigenvalue weighted by atomic mass is 9.86. The number of imidazole rings is 1. The van der Waals surface area contributed by atoms with Gasteiger partial charge < -0.3 is 0 Å². The number of rotatable bonds is 0. The maximum Gasteiger partial charge on any atom is 0.328 e. The number of hydrogen-bond acceptors (Lipinski definition) is 1. The van der Waals surface area contributed by atoms with Crippen molar-refractivity contribution in [3.8, 4) is 0 Å². The second-order valence-corrected chi connectivity index (χ2v) is 5.81. The van der Waals surface area contributed by atoms with E-state index in [1.807, 2.05) is 14.1 Å². The zero-order chi connectivity index (χ0) is 13.0. The molecule has 0 atom stereocenters. The smallest absolute Gasteiger partial charge is 0.295 e. The lowest BCUT2D eigenvalue weighted by Crippen LogP contribution is -2.19. The van der Waals surface area contributed by atoms with Crippen molar-refractivity contribution in [2.75, 3.05) is 0 Å². The van der Waals surface area contributed by atoms with E-state index in [4.69, 9.17) is 0 Å². The predicted molar refractivity (Wildman–Crippen MR) is 71.6 cm³/mol. The summed E-state index contributed by atoms with van der Waals surface area (Å²) in [6, 6.07) is 4.31. The summed E-state index contributed by atoms with van der Waals surface area (Å²) < 4.78 is 3.44. The monoisotopic (exact) mass is 232 g/mol. The van der Waals surface area contributed by atoms with E-state index in [0.29, 0.717) is 0 Å². The molecule has 0 spiro atoms. The predicted octanol–water partition coefficient (Wildman–Crippen LogP) is 2.48. The molecule has 0 aliphatic rings. The lowest BCUT2D eigenvalue weighted by molar-refractivity contribution is 0.590. The molecule has 0 N–H and O–H groups in total. The van der Waals surface area contributed by atoms with E-state index in [9.17, 15) is 4.79 Å². The van der Waals surface area contributed by atoms with Gasteiger partial charge in [-0.3, -0.25) is 9.13 Å². The molecule has 0 saturated carbocycles. The molecule has 0 unspecified atom stereocenters. The van der Waals surface area contributed by atoms with E-state index in [1.54, 1.807) is 9.13 Å². The van der Waals surface area contributed by atoms with Gasteiger partial charge in [-0.1, -0.05) is 26.8 Å². The first-order valence-electron chi connectivity index (χ1n) is 5.90. The molecule has 0 radical (unpaired) electrons. The summed E-state index contributed by atoms with van der Waals surface area (Å²) in [5.74, 6) is 0. The minimum Gasteiger partial charge on any atom is -0.295 e. The average molecular weight is 232 g/mol. The van der Waals surface area contributed by atoms with Crippen LogP contribution >= 0.6 is 0 Å². The highest BCUT2D eigenvalue weighted by Crippen LogP contribution is 2.27. The zero-order valence-electron chi connectivity index (χ0n) is 11.5. The first-order chi connectivity index (χ1) is 7.73. The molecule has 0 fully saturated rings. The highest BCUT2D eigenvalue weighted by atomic mass is 16.1. The van der Waals surface area contributed by atoms with Crippen molar-refractivity contribution in [3.63, 3.8) is 0 Å². The van der Waals surface area contributed by atoms with Crippen LogP contribution in [-0.2, 0) is 19.5 Å². The van der Waals surface area contributed by atoms with E-state index in [1.165, 1.54) is 5.56 Å². The molecular formula is C14H20N2O. The molecular weight excluding hydrogens is 212 g/mol. The molecule has 17 heavy (non-hydrogen) atoms. The van der Waals surface area contributed by atoms with Crippen molar-refractivity contribution < 1.29 is 0 Å². The second-order valence-electron chi connectivity index (χ2n) is 5.81. The fraction of sp³-hybridized carbons (Fsp3) is 0.500. The van der Waals surface area contributed by atoms with Gasteiger partial charge in [0, 0.05) is 14.1 Å². The summed E-state index contributed by atoms with van der Waals surface area (Å²) in [5, 5.41) is 0. The fourth-order valence-corrected chi connectivity index (χ4v) is 2.31. The molecule has 0 bridgehead atoms. The molecule has 0 saturated heterocycles. The maximum atomic E-state index is 11.9. The lowest BCUT2D eigenvalue weighted by Gasteiger charge is -2.20. The van der Waals surface area contributed by atoms with Crippen LogP contribution in [0.5, 0.6) is 0 Å². The van der Waals surface area contributed by atoms with Crippen molar-refractivity contribution in [1.82, 2.24) is 9.13 Å². The molecule has 2 rings (SSSR count).